The quantitative estimate of drug-likeness (QED) is 0.746. The van der Waals surface area contributed by atoms with Crippen LogP contribution in [0.1, 0.15) is 30.3 Å². The highest BCUT2D eigenvalue weighted by Crippen LogP contribution is 2.38. The lowest BCUT2D eigenvalue weighted by Crippen LogP contribution is -2.04. The minimum Gasteiger partial charge on any atom is -0.399 e. The Morgan fingerprint density at radius 2 is 2.05 bits per heavy atom. The van der Waals surface area contributed by atoms with Gasteiger partial charge in [0.15, 0.2) is 5.65 Å². The summed E-state index contributed by atoms with van der Waals surface area (Å²) in [5.74, 6) is 1.15. The second-order valence-electron chi connectivity index (χ2n) is 5.72. The van der Waals surface area contributed by atoms with E-state index in [0.717, 1.165) is 35.5 Å². The van der Waals surface area contributed by atoms with Gasteiger partial charge >= 0.3 is 0 Å². The van der Waals surface area contributed by atoms with Crippen molar-refractivity contribution < 1.29 is 0 Å². The number of nitrogen functional groups attached to an aromatic ring is 1. The SMILES string of the molecule is Nc1cccc(CCc2nc3cccnc3n2C2CC2)c1. The van der Waals surface area contributed by atoms with Crippen molar-refractivity contribution in [1.29, 1.82) is 0 Å². The average molecular weight is 278 g/mol. The molecule has 0 saturated heterocycles. The highest BCUT2D eigenvalue weighted by molar-refractivity contribution is 5.71. The normalized spacial score (nSPS) is 14.7. The first-order valence-electron chi connectivity index (χ1n) is 7.47. The Labute approximate surface area is 123 Å². The largest absolute Gasteiger partial charge is 0.399 e. The predicted molar refractivity (Wildman–Crippen MR) is 84.1 cm³/mol. The van der Waals surface area contributed by atoms with E-state index in [9.17, 15) is 0 Å². The van der Waals surface area contributed by atoms with Crippen LogP contribution >= 0.6 is 0 Å². The third-order valence-corrected chi connectivity index (χ3v) is 4.02. The average Bonchev–Trinajstić information content (AvgIpc) is 3.26. The van der Waals surface area contributed by atoms with Crippen molar-refractivity contribution in [2.45, 2.75) is 31.7 Å². The zero-order chi connectivity index (χ0) is 14.2. The van der Waals surface area contributed by atoms with Crippen LogP contribution in [0.25, 0.3) is 11.2 Å². The van der Waals surface area contributed by atoms with Crippen LogP contribution in [0.4, 0.5) is 5.69 Å². The second-order valence-corrected chi connectivity index (χ2v) is 5.72. The van der Waals surface area contributed by atoms with Gasteiger partial charge < -0.3 is 10.3 Å². The van der Waals surface area contributed by atoms with E-state index in [1.54, 1.807) is 0 Å². The van der Waals surface area contributed by atoms with Crippen LogP contribution in [0, 0.1) is 0 Å². The Morgan fingerprint density at radius 3 is 2.86 bits per heavy atom. The molecule has 0 atom stereocenters. The van der Waals surface area contributed by atoms with Gasteiger partial charge in [0.25, 0.3) is 0 Å². The third kappa shape index (κ3) is 2.37. The Kier molecular flexibility index (Phi) is 2.88. The number of hydrogen-bond acceptors (Lipinski definition) is 3. The van der Waals surface area contributed by atoms with E-state index in [1.165, 1.54) is 18.4 Å². The number of aromatic nitrogens is 3. The second kappa shape index (κ2) is 4.88. The number of anilines is 1. The number of benzene rings is 1. The molecule has 1 saturated carbocycles. The Balaban J connectivity index is 1.65. The van der Waals surface area contributed by atoms with E-state index >= 15 is 0 Å². The highest BCUT2D eigenvalue weighted by Gasteiger charge is 2.28. The first kappa shape index (κ1) is 12.4. The number of imidazole rings is 1. The fourth-order valence-corrected chi connectivity index (χ4v) is 2.87. The molecule has 0 spiro atoms. The molecule has 1 aliphatic carbocycles. The summed E-state index contributed by atoms with van der Waals surface area (Å²) in [6, 6.07) is 12.7. The topological polar surface area (TPSA) is 56.7 Å². The Hall–Kier alpha value is -2.36. The van der Waals surface area contributed by atoms with Crippen LogP contribution in [-0.4, -0.2) is 14.5 Å². The van der Waals surface area contributed by atoms with Gasteiger partial charge in [-0.1, -0.05) is 12.1 Å². The summed E-state index contributed by atoms with van der Waals surface area (Å²) in [7, 11) is 0. The molecule has 4 nitrogen and oxygen atoms in total. The van der Waals surface area contributed by atoms with E-state index < -0.39 is 0 Å². The molecule has 2 N–H and O–H groups in total. The zero-order valence-electron chi connectivity index (χ0n) is 11.9. The lowest BCUT2D eigenvalue weighted by Gasteiger charge is -2.07. The highest BCUT2D eigenvalue weighted by atomic mass is 15.2. The van der Waals surface area contributed by atoms with Crippen molar-refractivity contribution in [3.05, 3.63) is 54.0 Å². The molecule has 0 radical (unpaired) electrons. The minimum absolute atomic E-state index is 0.598. The standard InChI is InChI=1S/C17H18N4/c18-13-4-1-3-12(11-13)6-9-16-20-15-5-2-10-19-17(15)21(16)14-7-8-14/h1-5,10-11,14H,6-9,18H2. The van der Waals surface area contributed by atoms with Gasteiger partial charge in [-0.25, -0.2) is 9.97 Å². The molecule has 4 rings (SSSR count). The maximum absolute atomic E-state index is 5.85. The molecule has 21 heavy (non-hydrogen) atoms. The summed E-state index contributed by atoms with van der Waals surface area (Å²) in [5.41, 5.74) is 9.97. The first-order valence-corrected chi connectivity index (χ1v) is 7.47. The molecule has 1 aliphatic rings. The maximum Gasteiger partial charge on any atom is 0.160 e. The lowest BCUT2D eigenvalue weighted by atomic mass is 10.1. The van der Waals surface area contributed by atoms with Gasteiger partial charge in [0.1, 0.15) is 11.3 Å². The molecule has 0 bridgehead atoms. The van der Waals surface area contributed by atoms with Gasteiger partial charge in [0.05, 0.1) is 0 Å². The molecule has 1 aromatic carbocycles. The molecule has 0 aliphatic heterocycles. The lowest BCUT2D eigenvalue weighted by molar-refractivity contribution is 0.686. The molecular formula is C17H18N4. The summed E-state index contributed by atoms with van der Waals surface area (Å²) in [4.78, 5) is 9.29. The number of nitrogens with two attached hydrogens (primary N) is 1. The Morgan fingerprint density at radius 1 is 1.14 bits per heavy atom. The number of hydrogen-bond donors (Lipinski definition) is 1. The van der Waals surface area contributed by atoms with E-state index in [2.05, 4.69) is 15.6 Å². The summed E-state index contributed by atoms with van der Waals surface area (Å²) in [6.45, 7) is 0. The van der Waals surface area contributed by atoms with Crippen LogP contribution in [0.3, 0.4) is 0 Å². The van der Waals surface area contributed by atoms with Gasteiger partial charge in [-0.05, 0) is 49.1 Å². The molecule has 2 aromatic heterocycles. The van der Waals surface area contributed by atoms with E-state index in [1.807, 2.05) is 36.5 Å². The van der Waals surface area contributed by atoms with E-state index in [4.69, 9.17) is 10.7 Å². The van der Waals surface area contributed by atoms with E-state index in [-0.39, 0.29) is 0 Å². The molecule has 0 unspecified atom stereocenters. The smallest absolute Gasteiger partial charge is 0.160 e. The van der Waals surface area contributed by atoms with Gasteiger partial charge in [-0.15, -0.1) is 0 Å². The van der Waals surface area contributed by atoms with Crippen LogP contribution < -0.4 is 5.73 Å². The number of nitrogens with zero attached hydrogens (tertiary/aromatic N) is 3. The van der Waals surface area contributed by atoms with Gasteiger partial charge in [-0.3, -0.25) is 0 Å². The molecule has 1 fully saturated rings. The molecule has 4 heteroatoms. The van der Waals surface area contributed by atoms with Gasteiger partial charge in [-0.2, -0.15) is 0 Å². The number of rotatable bonds is 4. The van der Waals surface area contributed by atoms with Crippen molar-refractivity contribution in [2.75, 3.05) is 5.73 Å². The predicted octanol–water partition coefficient (Wildman–Crippen LogP) is 3.13. The molecular weight excluding hydrogens is 260 g/mol. The van der Waals surface area contributed by atoms with Crippen molar-refractivity contribution in [2.24, 2.45) is 0 Å². The number of pyridine rings is 1. The zero-order valence-corrected chi connectivity index (χ0v) is 11.9. The first-order chi connectivity index (χ1) is 10.3. The summed E-state index contributed by atoms with van der Waals surface area (Å²) in [6.07, 6.45) is 6.22. The summed E-state index contributed by atoms with van der Waals surface area (Å²) < 4.78 is 2.33. The molecule has 106 valence electrons. The van der Waals surface area contributed by atoms with Crippen molar-refractivity contribution >= 4 is 16.9 Å². The van der Waals surface area contributed by atoms with Gasteiger partial charge in [0, 0.05) is 24.3 Å². The molecule has 0 amide bonds. The van der Waals surface area contributed by atoms with Crippen LogP contribution in [0.2, 0.25) is 0 Å². The maximum atomic E-state index is 5.85. The van der Waals surface area contributed by atoms with Crippen LogP contribution in [0.5, 0.6) is 0 Å². The fraction of sp³-hybridized carbons (Fsp3) is 0.294. The molecule has 3 aromatic rings. The monoisotopic (exact) mass is 278 g/mol. The van der Waals surface area contributed by atoms with Crippen molar-refractivity contribution in [3.63, 3.8) is 0 Å². The third-order valence-electron chi connectivity index (χ3n) is 4.02. The van der Waals surface area contributed by atoms with Crippen molar-refractivity contribution in [1.82, 2.24) is 14.5 Å². The number of fused-ring (bicyclic) bond motifs is 1. The summed E-state index contributed by atoms with van der Waals surface area (Å²) >= 11 is 0. The van der Waals surface area contributed by atoms with Crippen LogP contribution in [-0.2, 0) is 12.8 Å². The summed E-state index contributed by atoms with van der Waals surface area (Å²) in [5, 5.41) is 0. The fourth-order valence-electron chi connectivity index (χ4n) is 2.87. The Bertz CT molecular complexity index is 786. The van der Waals surface area contributed by atoms with Crippen molar-refractivity contribution in [3.8, 4) is 0 Å². The van der Waals surface area contributed by atoms with E-state index in [0.29, 0.717) is 6.04 Å². The van der Waals surface area contributed by atoms with Crippen LogP contribution in [0.15, 0.2) is 42.6 Å². The minimum atomic E-state index is 0.598. The van der Waals surface area contributed by atoms with Gasteiger partial charge in [0.2, 0.25) is 0 Å². The molecule has 2 heterocycles. The number of aryl methyl sites for hydroxylation is 2.